The summed E-state index contributed by atoms with van der Waals surface area (Å²) in [5.74, 6) is -2.71. The Hall–Kier alpha value is -4.02. The van der Waals surface area contributed by atoms with E-state index in [1.54, 1.807) is 67.6 Å². The van der Waals surface area contributed by atoms with Crippen molar-refractivity contribution < 1.29 is 48.0 Å². The zero-order chi connectivity index (χ0) is 32.7. The highest BCUT2D eigenvalue weighted by Crippen LogP contribution is 2.70. The minimum atomic E-state index is -1.76. The van der Waals surface area contributed by atoms with Crippen LogP contribution in [0.2, 0.25) is 0 Å². The molecule has 4 aliphatic rings. The van der Waals surface area contributed by atoms with Crippen molar-refractivity contribution in [3.63, 3.8) is 0 Å². The third kappa shape index (κ3) is 5.31. The molecule has 0 unspecified atom stereocenters. The predicted octanol–water partition coefficient (Wildman–Crippen LogP) is 4.59. The van der Waals surface area contributed by atoms with Gasteiger partial charge in [-0.1, -0.05) is 49.7 Å². The number of benzene rings is 2. The Labute approximate surface area is 268 Å². The van der Waals surface area contributed by atoms with Crippen LogP contribution in [0.1, 0.15) is 73.6 Å². The number of aliphatic hydroxyl groups is 1. The fourth-order valence-corrected chi connectivity index (χ4v) is 8.29. The molecule has 2 aromatic carbocycles. The van der Waals surface area contributed by atoms with Crippen molar-refractivity contribution in [3.05, 3.63) is 83.4 Å². The van der Waals surface area contributed by atoms with Crippen LogP contribution in [0.15, 0.2) is 72.3 Å². The van der Waals surface area contributed by atoms with E-state index in [0.717, 1.165) is 12.0 Å². The summed E-state index contributed by atoms with van der Waals surface area (Å²) in [6.07, 6.45) is 1.61. The van der Waals surface area contributed by atoms with Crippen LogP contribution in [0.25, 0.3) is 0 Å². The van der Waals surface area contributed by atoms with Gasteiger partial charge in [0, 0.05) is 18.4 Å². The van der Waals surface area contributed by atoms with E-state index < -0.39 is 64.0 Å². The molecule has 0 amide bonds. The third-order valence-corrected chi connectivity index (χ3v) is 11.0. The smallest absolute Gasteiger partial charge is 0.338 e. The molecule has 0 aromatic heterocycles. The van der Waals surface area contributed by atoms with Crippen molar-refractivity contribution in [3.8, 4) is 0 Å². The average molecular weight is 633 g/mol. The first-order valence-electron chi connectivity index (χ1n) is 15.8. The minimum Gasteiger partial charge on any atom is -0.465 e. The number of rotatable bonds is 9. The van der Waals surface area contributed by atoms with Gasteiger partial charge in [-0.05, 0) is 68.4 Å². The number of carbonyl (C=O) groups excluding carboxylic acids is 4. The molecule has 0 radical (unpaired) electrons. The van der Waals surface area contributed by atoms with E-state index in [4.69, 9.17) is 23.7 Å². The van der Waals surface area contributed by atoms with Gasteiger partial charge in [0.1, 0.15) is 24.4 Å². The molecule has 1 saturated heterocycles. The topological polar surface area (TPSA) is 138 Å². The Balaban J connectivity index is 1.52. The van der Waals surface area contributed by atoms with Crippen molar-refractivity contribution in [2.45, 2.75) is 76.3 Å². The van der Waals surface area contributed by atoms with E-state index in [2.05, 4.69) is 0 Å². The number of carbonyl (C=O) groups is 4. The molecule has 2 aliphatic carbocycles. The summed E-state index contributed by atoms with van der Waals surface area (Å²) in [5.41, 5.74) is -3.47. The maximum absolute atomic E-state index is 13.9. The van der Waals surface area contributed by atoms with Crippen LogP contribution >= 0.6 is 0 Å². The van der Waals surface area contributed by atoms with Crippen molar-refractivity contribution >= 4 is 23.9 Å². The lowest BCUT2D eigenvalue weighted by Crippen LogP contribution is -2.77. The Morgan fingerprint density at radius 1 is 0.935 bits per heavy atom. The molecule has 7 atom stereocenters. The van der Waals surface area contributed by atoms with E-state index in [1.165, 1.54) is 13.0 Å². The van der Waals surface area contributed by atoms with Gasteiger partial charge < -0.3 is 28.8 Å². The lowest BCUT2D eigenvalue weighted by atomic mass is 9.41. The highest BCUT2D eigenvalue weighted by molar-refractivity contribution is 5.90. The summed E-state index contributed by atoms with van der Waals surface area (Å²) in [6, 6.07) is 16.9. The Kier molecular flexibility index (Phi) is 8.31. The SMILES string of the molecule is CC(=O)OC[C@@]12[C@@H](OC(=O)c3ccccc3)[C@H](OC(=O)c3ccccc3)[C@](C)(O)[C@@](C)(CCC3=CC(=O)OC3)[C@H]1CCC[C@]21CO1. The fourth-order valence-electron chi connectivity index (χ4n) is 8.29. The molecule has 46 heavy (non-hydrogen) atoms. The summed E-state index contributed by atoms with van der Waals surface area (Å²) in [6.45, 7) is 5.20. The minimum absolute atomic E-state index is 0.164. The Bertz CT molecular complexity index is 1530. The lowest BCUT2D eigenvalue weighted by molar-refractivity contribution is -0.305. The van der Waals surface area contributed by atoms with Gasteiger partial charge in [0.25, 0.3) is 0 Å². The van der Waals surface area contributed by atoms with Gasteiger partial charge in [0.15, 0.2) is 12.2 Å². The summed E-state index contributed by atoms with van der Waals surface area (Å²) in [4.78, 5) is 52.0. The van der Waals surface area contributed by atoms with Crippen molar-refractivity contribution in [2.75, 3.05) is 19.8 Å². The summed E-state index contributed by atoms with van der Waals surface area (Å²) >= 11 is 0. The number of hydrogen-bond acceptors (Lipinski definition) is 10. The Morgan fingerprint density at radius 2 is 1.52 bits per heavy atom. The number of esters is 4. The molecule has 2 saturated carbocycles. The highest BCUT2D eigenvalue weighted by Gasteiger charge is 2.80. The fraction of sp³-hybridized carbons (Fsp3) is 0.500. The lowest BCUT2D eigenvalue weighted by Gasteiger charge is -2.67. The number of ether oxygens (including phenoxy) is 5. The normalized spacial score (nSPS) is 34.6. The van der Waals surface area contributed by atoms with Crippen molar-refractivity contribution in [2.24, 2.45) is 16.7 Å². The van der Waals surface area contributed by atoms with Crippen molar-refractivity contribution in [1.29, 1.82) is 0 Å². The summed E-state index contributed by atoms with van der Waals surface area (Å²) in [5, 5.41) is 12.8. The molecular formula is C36H40O10. The predicted molar refractivity (Wildman–Crippen MR) is 163 cm³/mol. The van der Waals surface area contributed by atoms with Gasteiger partial charge in [-0.2, -0.15) is 0 Å². The van der Waals surface area contributed by atoms with E-state index in [1.807, 2.05) is 6.92 Å². The second kappa shape index (κ2) is 12.0. The number of hydrogen-bond donors (Lipinski definition) is 1. The van der Waals surface area contributed by atoms with Gasteiger partial charge in [-0.25, -0.2) is 14.4 Å². The zero-order valence-corrected chi connectivity index (χ0v) is 26.4. The second-order valence-electron chi connectivity index (χ2n) is 13.4. The molecule has 244 valence electrons. The molecule has 1 spiro atoms. The number of cyclic esters (lactones) is 1. The molecule has 2 aliphatic heterocycles. The summed E-state index contributed by atoms with van der Waals surface area (Å²) < 4.78 is 29.9. The van der Waals surface area contributed by atoms with Crippen LogP contribution in [0, 0.1) is 16.7 Å². The standard InChI is InChI=1S/C36H40O10/c1-23(37)43-22-36-27(15-10-17-35(36)21-44-35)33(2,18-16-24-19-28(38)42-20-24)34(3,41)29(45-31(39)25-11-6-4-7-12-25)30(36)46-32(40)26-13-8-5-9-14-26/h4-9,11-14,19,27,29-30,41H,10,15-18,20-22H2,1-3H3/t27-,29+,30+,33+,34+,35+,36+/m1/s1. The van der Waals surface area contributed by atoms with Crippen LogP contribution < -0.4 is 0 Å². The van der Waals surface area contributed by atoms with E-state index >= 15 is 0 Å². The largest absolute Gasteiger partial charge is 0.465 e. The van der Waals surface area contributed by atoms with E-state index in [-0.39, 0.29) is 24.3 Å². The second-order valence-corrected chi connectivity index (χ2v) is 13.4. The maximum Gasteiger partial charge on any atom is 0.338 e. The van der Waals surface area contributed by atoms with Crippen LogP contribution in [0.5, 0.6) is 0 Å². The van der Waals surface area contributed by atoms with Crippen molar-refractivity contribution in [1.82, 2.24) is 0 Å². The zero-order valence-electron chi connectivity index (χ0n) is 26.4. The molecule has 1 N–H and O–H groups in total. The molecule has 6 rings (SSSR count). The monoisotopic (exact) mass is 632 g/mol. The van der Waals surface area contributed by atoms with E-state index in [0.29, 0.717) is 32.3 Å². The molecule has 10 heteroatoms. The van der Waals surface area contributed by atoms with Gasteiger partial charge in [0.2, 0.25) is 0 Å². The molecular weight excluding hydrogens is 592 g/mol. The van der Waals surface area contributed by atoms with Gasteiger partial charge in [-0.3, -0.25) is 4.79 Å². The average Bonchev–Trinajstić information content (AvgIpc) is 3.71. The number of fused-ring (bicyclic) bond motifs is 2. The Morgan fingerprint density at radius 3 is 2.04 bits per heavy atom. The van der Waals surface area contributed by atoms with Crippen LogP contribution in [0.4, 0.5) is 0 Å². The highest BCUT2D eigenvalue weighted by atomic mass is 16.6. The molecule has 10 nitrogen and oxygen atoms in total. The first-order chi connectivity index (χ1) is 21.9. The van der Waals surface area contributed by atoms with Gasteiger partial charge in [0.05, 0.1) is 23.1 Å². The van der Waals surface area contributed by atoms with Crippen LogP contribution in [-0.4, -0.2) is 72.2 Å². The molecule has 3 fully saturated rings. The third-order valence-electron chi connectivity index (χ3n) is 11.0. The quantitative estimate of drug-likeness (QED) is 0.237. The molecule has 2 aromatic rings. The van der Waals surface area contributed by atoms with Crippen LogP contribution in [-0.2, 0) is 33.3 Å². The maximum atomic E-state index is 13.9. The van der Waals surface area contributed by atoms with Crippen LogP contribution in [0.3, 0.4) is 0 Å². The van der Waals surface area contributed by atoms with E-state index in [9.17, 15) is 24.3 Å². The molecule has 0 bridgehead atoms. The van der Waals surface area contributed by atoms with Gasteiger partial charge in [-0.15, -0.1) is 0 Å². The first kappa shape index (κ1) is 31.9. The number of epoxide rings is 1. The van der Waals surface area contributed by atoms with Gasteiger partial charge >= 0.3 is 23.9 Å². The summed E-state index contributed by atoms with van der Waals surface area (Å²) in [7, 11) is 0. The molecule has 2 heterocycles. The first-order valence-corrected chi connectivity index (χ1v) is 15.8.